The zero-order valence-electron chi connectivity index (χ0n) is 16.3. The van der Waals surface area contributed by atoms with Gasteiger partial charge in [-0.2, -0.15) is 0 Å². The molecule has 2 aliphatic rings. The largest absolute Gasteiger partial charge is 0.372 e. The lowest BCUT2D eigenvalue weighted by molar-refractivity contribution is -0.148. The number of carbonyl (C=O) groups is 2. The molecule has 0 aromatic carbocycles. The molecule has 0 N–H and O–H groups in total. The second kappa shape index (κ2) is 8.09. The van der Waals surface area contributed by atoms with E-state index in [9.17, 15) is 9.59 Å². The van der Waals surface area contributed by atoms with Crippen LogP contribution in [0.15, 0.2) is 6.07 Å². The van der Waals surface area contributed by atoms with Crippen LogP contribution in [0.4, 0.5) is 0 Å². The Balaban J connectivity index is 1.56. The monoisotopic (exact) mass is 378 g/mol. The fraction of sp³-hybridized carbons (Fsp3) is 0.700. The Bertz CT molecular complexity index is 654. The standard InChI is InChI=1S/C20H30N2O3S/c1-5-16-10-18(26-15(16)4)20(24)21-8-6-17(7-9-21)19(23)22-11-13(2)25-14(3)12-22/h10,13-14,17H,5-9,11-12H2,1-4H3/t13-,14-/m1/s1. The summed E-state index contributed by atoms with van der Waals surface area (Å²) in [7, 11) is 0. The predicted octanol–water partition coefficient (Wildman–Crippen LogP) is 3.11. The maximum atomic E-state index is 12.8. The van der Waals surface area contributed by atoms with Crippen LogP contribution < -0.4 is 0 Å². The molecule has 3 rings (SSSR count). The van der Waals surface area contributed by atoms with E-state index in [-0.39, 0.29) is 29.9 Å². The summed E-state index contributed by atoms with van der Waals surface area (Å²) in [6.45, 7) is 10.9. The van der Waals surface area contributed by atoms with Crippen LogP contribution in [-0.4, -0.2) is 60.0 Å². The van der Waals surface area contributed by atoms with Gasteiger partial charge in [-0.05, 0) is 51.7 Å². The van der Waals surface area contributed by atoms with Gasteiger partial charge in [-0.25, -0.2) is 0 Å². The van der Waals surface area contributed by atoms with Crippen LogP contribution in [-0.2, 0) is 16.0 Å². The number of morpholine rings is 1. The van der Waals surface area contributed by atoms with Gasteiger partial charge >= 0.3 is 0 Å². The molecule has 0 bridgehead atoms. The lowest BCUT2D eigenvalue weighted by Crippen LogP contribution is -2.51. The molecule has 26 heavy (non-hydrogen) atoms. The number of nitrogens with zero attached hydrogens (tertiary/aromatic N) is 2. The minimum Gasteiger partial charge on any atom is -0.372 e. The summed E-state index contributed by atoms with van der Waals surface area (Å²) in [5.41, 5.74) is 1.26. The van der Waals surface area contributed by atoms with E-state index in [1.807, 2.05) is 29.7 Å². The van der Waals surface area contributed by atoms with Crippen LogP contribution in [0.5, 0.6) is 0 Å². The molecule has 1 aromatic rings. The lowest BCUT2D eigenvalue weighted by Gasteiger charge is -2.39. The number of aryl methyl sites for hydroxylation is 2. The molecule has 144 valence electrons. The topological polar surface area (TPSA) is 49.9 Å². The molecule has 6 heteroatoms. The highest BCUT2D eigenvalue weighted by molar-refractivity contribution is 7.14. The molecule has 0 aliphatic carbocycles. The summed E-state index contributed by atoms with van der Waals surface area (Å²) in [5.74, 6) is 0.393. The Morgan fingerprint density at radius 3 is 2.31 bits per heavy atom. The van der Waals surface area contributed by atoms with Crippen LogP contribution in [0.25, 0.3) is 0 Å². The number of thiophene rings is 1. The molecule has 2 saturated heterocycles. The van der Waals surface area contributed by atoms with E-state index in [4.69, 9.17) is 4.74 Å². The number of carbonyl (C=O) groups excluding carboxylic acids is 2. The van der Waals surface area contributed by atoms with Crippen LogP contribution in [0, 0.1) is 12.8 Å². The molecule has 0 radical (unpaired) electrons. The molecule has 0 spiro atoms. The minimum atomic E-state index is 0.0350. The van der Waals surface area contributed by atoms with E-state index in [0.717, 1.165) is 24.1 Å². The molecular formula is C20H30N2O3S. The second-order valence-corrected chi connectivity index (χ2v) is 8.87. The van der Waals surface area contributed by atoms with E-state index in [0.29, 0.717) is 26.2 Å². The van der Waals surface area contributed by atoms with Crippen LogP contribution in [0.1, 0.15) is 53.7 Å². The van der Waals surface area contributed by atoms with Gasteiger partial charge in [0, 0.05) is 37.0 Å². The average molecular weight is 379 g/mol. The summed E-state index contributed by atoms with van der Waals surface area (Å²) in [6.07, 6.45) is 2.67. The van der Waals surface area contributed by atoms with E-state index in [1.165, 1.54) is 10.4 Å². The third-order valence-electron chi connectivity index (χ3n) is 5.47. The van der Waals surface area contributed by atoms with Crippen LogP contribution in [0.3, 0.4) is 0 Å². The van der Waals surface area contributed by atoms with Gasteiger partial charge in [0.25, 0.3) is 5.91 Å². The van der Waals surface area contributed by atoms with Crippen molar-refractivity contribution in [2.45, 2.75) is 59.2 Å². The van der Waals surface area contributed by atoms with Gasteiger partial charge in [0.2, 0.25) is 5.91 Å². The smallest absolute Gasteiger partial charge is 0.263 e. The number of piperidine rings is 1. The molecule has 2 aliphatic heterocycles. The number of ether oxygens (including phenoxy) is 1. The fourth-order valence-corrected chi connectivity index (χ4v) is 5.16. The lowest BCUT2D eigenvalue weighted by atomic mass is 9.94. The molecule has 0 unspecified atom stereocenters. The molecule has 5 nitrogen and oxygen atoms in total. The van der Waals surface area contributed by atoms with Crippen molar-refractivity contribution < 1.29 is 14.3 Å². The van der Waals surface area contributed by atoms with Crippen molar-refractivity contribution in [2.24, 2.45) is 5.92 Å². The quantitative estimate of drug-likeness (QED) is 0.812. The van der Waals surface area contributed by atoms with Gasteiger partial charge in [0.05, 0.1) is 17.1 Å². The first-order valence-electron chi connectivity index (χ1n) is 9.71. The zero-order chi connectivity index (χ0) is 18.8. The van der Waals surface area contributed by atoms with Gasteiger partial charge in [0.1, 0.15) is 0 Å². The Hall–Kier alpha value is -1.40. The summed E-state index contributed by atoms with van der Waals surface area (Å²) < 4.78 is 5.73. The minimum absolute atomic E-state index is 0.0350. The van der Waals surface area contributed by atoms with Crippen molar-refractivity contribution in [2.75, 3.05) is 26.2 Å². The maximum absolute atomic E-state index is 12.8. The summed E-state index contributed by atoms with van der Waals surface area (Å²) in [5, 5.41) is 0. The normalized spacial score (nSPS) is 24.8. The van der Waals surface area contributed by atoms with Crippen molar-refractivity contribution in [3.63, 3.8) is 0 Å². The van der Waals surface area contributed by atoms with Crippen molar-refractivity contribution in [1.29, 1.82) is 0 Å². The predicted molar refractivity (Wildman–Crippen MR) is 104 cm³/mol. The number of hydrogen-bond acceptors (Lipinski definition) is 4. The second-order valence-electron chi connectivity index (χ2n) is 7.61. The Labute approximate surface area is 160 Å². The molecular weight excluding hydrogens is 348 g/mol. The number of amides is 2. The maximum Gasteiger partial charge on any atom is 0.263 e. The third kappa shape index (κ3) is 4.12. The molecule has 2 atom stereocenters. The first kappa shape index (κ1) is 19.4. The van der Waals surface area contributed by atoms with Gasteiger partial charge in [-0.15, -0.1) is 11.3 Å². The number of rotatable bonds is 3. The summed E-state index contributed by atoms with van der Waals surface area (Å²) in [6, 6.07) is 2.04. The van der Waals surface area contributed by atoms with Gasteiger partial charge in [-0.1, -0.05) is 6.92 Å². The van der Waals surface area contributed by atoms with E-state index in [2.05, 4.69) is 13.8 Å². The summed E-state index contributed by atoms with van der Waals surface area (Å²) >= 11 is 1.59. The summed E-state index contributed by atoms with van der Waals surface area (Å²) in [4.78, 5) is 31.6. The third-order valence-corrected chi connectivity index (χ3v) is 6.56. The first-order valence-corrected chi connectivity index (χ1v) is 10.5. The van der Waals surface area contributed by atoms with Gasteiger partial charge in [-0.3, -0.25) is 9.59 Å². The van der Waals surface area contributed by atoms with Crippen molar-refractivity contribution >= 4 is 23.2 Å². The van der Waals surface area contributed by atoms with Crippen LogP contribution in [0.2, 0.25) is 0 Å². The Morgan fingerprint density at radius 2 is 1.77 bits per heavy atom. The molecule has 1 aromatic heterocycles. The van der Waals surface area contributed by atoms with Gasteiger partial charge in [0.15, 0.2) is 0 Å². The van der Waals surface area contributed by atoms with E-state index >= 15 is 0 Å². The molecule has 2 amide bonds. The molecule has 2 fully saturated rings. The molecule has 0 saturated carbocycles. The van der Waals surface area contributed by atoms with Crippen molar-refractivity contribution in [3.05, 3.63) is 21.4 Å². The highest BCUT2D eigenvalue weighted by Crippen LogP contribution is 2.27. The number of likely N-dealkylation sites (tertiary alicyclic amines) is 1. The SMILES string of the molecule is CCc1cc(C(=O)N2CCC(C(=O)N3C[C@@H](C)O[C@H](C)C3)CC2)sc1C. The molecule has 3 heterocycles. The van der Waals surface area contributed by atoms with E-state index in [1.54, 1.807) is 11.3 Å². The highest BCUT2D eigenvalue weighted by Gasteiger charge is 2.34. The highest BCUT2D eigenvalue weighted by atomic mass is 32.1. The van der Waals surface area contributed by atoms with Crippen LogP contribution >= 0.6 is 11.3 Å². The Kier molecular flexibility index (Phi) is 6.03. The first-order chi connectivity index (χ1) is 12.4. The average Bonchev–Trinajstić information content (AvgIpc) is 3.00. The van der Waals surface area contributed by atoms with Crippen molar-refractivity contribution in [3.8, 4) is 0 Å². The number of hydrogen-bond donors (Lipinski definition) is 0. The Morgan fingerprint density at radius 1 is 1.15 bits per heavy atom. The van der Waals surface area contributed by atoms with Gasteiger partial charge < -0.3 is 14.5 Å². The van der Waals surface area contributed by atoms with E-state index < -0.39 is 0 Å². The fourth-order valence-electron chi connectivity index (χ4n) is 4.08. The zero-order valence-corrected chi connectivity index (χ0v) is 17.1. The van der Waals surface area contributed by atoms with Crippen molar-refractivity contribution in [1.82, 2.24) is 9.80 Å².